The lowest BCUT2D eigenvalue weighted by Gasteiger charge is -2.32. The molecule has 0 bridgehead atoms. The molecule has 13 heteroatoms. The van der Waals surface area contributed by atoms with E-state index in [2.05, 4.69) is 21.4 Å². The quantitative estimate of drug-likeness (QED) is 0.344. The fourth-order valence-electron chi connectivity index (χ4n) is 5.02. The number of alkyl halides is 5. The van der Waals surface area contributed by atoms with Crippen molar-refractivity contribution in [3.63, 3.8) is 0 Å². The van der Waals surface area contributed by atoms with Gasteiger partial charge in [-0.2, -0.15) is 18.3 Å². The number of anilines is 2. The summed E-state index contributed by atoms with van der Waals surface area (Å²) in [5, 5.41) is 8.51. The highest BCUT2D eigenvalue weighted by molar-refractivity contribution is 6.05. The van der Waals surface area contributed by atoms with Gasteiger partial charge in [0.2, 0.25) is 0 Å². The molecule has 2 aliphatic rings. The summed E-state index contributed by atoms with van der Waals surface area (Å²) in [6.07, 6.45) is -1.11. The van der Waals surface area contributed by atoms with Crippen LogP contribution >= 0.6 is 0 Å². The van der Waals surface area contributed by atoms with Gasteiger partial charge in [-0.25, -0.2) is 8.78 Å². The number of halogens is 5. The highest BCUT2D eigenvalue weighted by atomic mass is 19.4. The molecule has 0 unspecified atom stereocenters. The zero-order valence-corrected chi connectivity index (χ0v) is 22.7. The zero-order chi connectivity index (χ0) is 29.5. The predicted octanol–water partition coefficient (Wildman–Crippen LogP) is 5.37. The van der Waals surface area contributed by atoms with E-state index in [1.54, 1.807) is 34.1 Å². The van der Waals surface area contributed by atoms with Crippen LogP contribution in [0.1, 0.15) is 51.1 Å². The van der Waals surface area contributed by atoms with Gasteiger partial charge in [0, 0.05) is 48.7 Å². The predicted molar refractivity (Wildman–Crippen MR) is 145 cm³/mol. The number of nitrogens with one attached hydrogen (secondary N) is 3. The van der Waals surface area contributed by atoms with E-state index in [4.69, 9.17) is 0 Å². The molecule has 8 nitrogen and oxygen atoms in total. The molecule has 2 aliphatic heterocycles. The first-order chi connectivity index (χ1) is 19.3. The fourth-order valence-corrected chi connectivity index (χ4v) is 5.02. The molecule has 1 fully saturated rings. The summed E-state index contributed by atoms with van der Waals surface area (Å²) in [4.78, 5) is 14.6. The van der Waals surface area contributed by atoms with Crippen molar-refractivity contribution in [3.8, 4) is 0 Å². The minimum atomic E-state index is -4.68. The van der Waals surface area contributed by atoms with Crippen molar-refractivity contribution in [1.29, 1.82) is 0 Å². The van der Waals surface area contributed by atoms with Gasteiger partial charge in [-0.15, -0.1) is 5.53 Å². The van der Waals surface area contributed by atoms with Gasteiger partial charge >= 0.3 is 6.18 Å². The van der Waals surface area contributed by atoms with E-state index in [1.165, 1.54) is 11.0 Å². The highest BCUT2D eigenvalue weighted by Crippen LogP contribution is 2.34. The van der Waals surface area contributed by atoms with Crippen LogP contribution in [-0.4, -0.2) is 39.6 Å². The Bertz CT molecular complexity index is 1500. The second-order valence-electron chi connectivity index (χ2n) is 10.5. The molecule has 1 amide bonds. The summed E-state index contributed by atoms with van der Waals surface area (Å²) >= 11 is 0. The molecule has 0 spiro atoms. The Labute approximate surface area is 233 Å². The van der Waals surface area contributed by atoms with Crippen molar-refractivity contribution < 1.29 is 26.7 Å². The van der Waals surface area contributed by atoms with E-state index in [1.807, 2.05) is 27.1 Å². The lowest BCUT2D eigenvalue weighted by Crippen LogP contribution is -2.42. The van der Waals surface area contributed by atoms with E-state index in [9.17, 15) is 26.7 Å². The van der Waals surface area contributed by atoms with E-state index < -0.39 is 30.1 Å². The highest BCUT2D eigenvalue weighted by Gasteiger charge is 2.36. The topological polar surface area (TPSA) is 77.5 Å². The number of hydrogen-bond donors (Lipinski definition) is 3. The van der Waals surface area contributed by atoms with Crippen molar-refractivity contribution >= 4 is 23.0 Å². The molecule has 218 valence electrons. The van der Waals surface area contributed by atoms with E-state index in [-0.39, 0.29) is 36.2 Å². The van der Waals surface area contributed by atoms with Gasteiger partial charge in [-0.1, -0.05) is 6.07 Å². The SMILES string of the molecule is Cc1ccc(C(=O)Nc2cc(CN3CCCC(F)(F)C3)cc(C(F)(F)F)c2)cc1N1C=C(c2cnn(C)c2C)NN1. The van der Waals surface area contributed by atoms with Crippen LogP contribution in [0.2, 0.25) is 0 Å². The molecule has 2 aromatic carbocycles. The number of amides is 1. The summed E-state index contributed by atoms with van der Waals surface area (Å²) in [5.41, 5.74) is 9.60. The largest absolute Gasteiger partial charge is 0.416 e. The van der Waals surface area contributed by atoms with Crippen molar-refractivity contribution in [3.05, 3.63) is 82.3 Å². The molecule has 3 aromatic rings. The molecular formula is C28H30F5N7O. The van der Waals surface area contributed by atoms with Crippen LogP contribution < -0.4 is 21.3 Å². The van der Waals surface area contributed by atoms with Crippen molar-refractivity contribution in [2.24, 2.45) is 7.05 Å². The van der Waals surface area contributed by atoms with Gasteiger partial charge in [0.1, 0.15) is 0 Å². The molecule has 0 radical (unpaired) electrons. The first kappa shape index (κ1) is 28.6. The third-order valence-electron chi connectivity index (χ3n) is 7.28. The number of nitrogens with zero attached hydrogens (tertiary/aromatic N) is 4. The number of piperidine rings is 1. The molecule has 1 saturated heterocycles. The fraction of sp³-hybridized carbons (Fsp3) is 0.357. The average Bonchev–Trinajstić information content (AvgIpc) is 3.49. The normalized spacial score (nSPS) is 17.4. The number of hydrazine groups is 2. The number of rotatable bonds is 6. The molecule has 3 N–H and O–H groups in total. The summed E-state index contributed by atoms with van der Waals surface area (Å²) in [6.45, 7) is 3.55. The molecule has 5 rings (SSSR count). The number of carbonyl (C=O) groups is 1. The number of aryl methyl sites for hydroxylation is 2. The van der Waals surface area contributed by atoms with Gasteiger partial charge in [0.25, 0.3) is 11.8 Å². The maximum atomic E-state index is 13.9. The molecule has 3 heterocycles. The molecule has 1 aromatic heterocycles. The maximum absolute atomic E-state index is 13.9. The summed E-state index contributed by atoms with van der Waals surface area (Å²) in [6, 6.07) is 8.12. The van der Waals surface area contributed by atoms with Crippen LogP contribution in [0.5, 0.6) is 0 Å². The van der Waals surface area contributed by atoms with Gasteiger partial charge < -0.3 is 10.7 Å². The van der Waals surface area contributed by atoms with Crippen molar-refractivity contribution in [2.75, 3.05) is 23.4 Å². The number of likely N-dealkylation sites (tertiary alicyclic amines) is 1. The second-order valence-corrected chi connectivity index (χ2v) is 10.5. The third-order valence-corrected chi connectivity index (χ3v) is 7.28. The Kier molecular flexibility index (Phi) is 7.51. The Hall–Kier alpha value is -3.97. The number of carbonyl (C=O) groups excluding carboxylic acids is 1. The molecule has 41 heavy (non-hydrogen) atoms. The van der Waals surface area contributed by atoms with E-state index in [0.717, 1.165) is 34.7 Å². The monoisotopic (exact) mass is 575 g/mol. The number of hydrogen-bond acceptors (Lipinski definition) is 6. The Morgan fingerprint density at radius 2 is 1.93 bits per heavy atom. The Morgan fingerprint density at radius 3 is 2.61 bits per heavy atom. The first-order valence-electron chi connectivity index (χ1n) is 13.0. The summed E-state index contributed by atoms with van der Waals surface area (Å²) in [7, 11) is 1.84. The second kappa shape index (κ2) is 10.8. The average molecular weight is 576 g/mol. The minimum Gasteiger partial charge on any atom is -0.322 e. The van der Waals surface area contributed by atoms with E-state index in [0.29, 0.717) is 12.2 Å². The van der Waals surface area contributed by atoms with Crippen molar-refractivity contribution in [2.45, 2.75) is 45.3 Å². The van der Waals surface area contributed by atoms with Crippen LogP contribution in [-0.2, 0) is 19.8 Å². The van der Waals surface area contributed by atoms with Crippen LogP contribution in [0.15, 0.2) is 48.8 Å². The van der Waals surface area contributed by atoms with Crippen molar-refractivity contribution in [1.82, 2.24) is 25.6 Å². The van der Waals surface area contributed by atoms with Gasteiger partial charge in [0.05, 0.1) is 29.7 Å². The first-order valence-corrected chi connectivity index (χ1v) is 13.0. The third kappa shape index (κ3) is 6.35. The van der Waals surface area contributed by atoms with E-state index >= 15 is 0 Å². The Morgan fingerprint density at radius 1 is 1.15 bits per heavy atom. The van der Waals surface area contributed by atoms with Gasteiger partial charge in [-0.05, 0) is 68.3 Å². The lowest BCUT2D eigenvalue weighted by atomic mass is 10.0. The molecule has 0 aliphatic carbocycles. The zero-order valence-electron chi connectivity index (χ0n) is 22.7. The molecular weight excluding hydrogens is 545 g/mol. The molecule has 0 saturated carbocycles. The van der Waals surface area contributed by atoms with Gasteiger partial charge in [0.15, 0.2) is 0 Å². The number of aromatic nitrogens is 2. The minimum absolute atomic E-state index is 0.0686. The van der Waals surface area contributed by atoms with Crippen LogP contribution in [0.4, 0.5) is 33.3 Å². The lowest BCUT2D eigenvalue weighted by molar-refractivity contribution is -0.137. The standard InChI is InChI=1S/C28H30F5N7O/c1-17-5-6-20(11-25(17)40-15-24(36-37-40)23-13-34-38(3)18(23)2)26(41)35-22-10-19(9-21(12-22)28(31,32)33)14-39-8-4-7-27(29,30)16-39/h5-6,9-13,15,36-37H,4,7-8,14,16H2,1-3H3,(H,35,41). The van der Waals surface area contributed by atoms with Crippen LogP contribution in [0.3, 0.4) is 0 Å². The summed E-state index contributed by atoms with van der Waals surface area (Å²) < 4.78 is 70.5. The van der Waals surface area contributed by atoms with Crippen LogP contribution in [0, 0.1) is 13.8 Å². The van der Waals surface area contributed by atoms with Gasteiger partial charge in [-0.3, -0.25) is 19.4 Å². The van der Waals surface area contributed by atoms with Crippen LogP contribution in [0.25, 0.3) is 5.70 Å². The number of benzene rings is 2. The Balaban J connectivity index is 1.37. The smallest absolute Gasteiger partial charge is 0.322 e. The summed E-state index contributed by atoms with van der Waals surface area (Å²) in [5.74, 6) is -3.49. The molecule has 0 atom stereocenters. The maximum Gasteiger partial charge on any atom is 0.416 e.